The maximum atomic E-state index is 13.4. The van der Waals surface area contributed by atoms with Crippen LogP contribution >= 0.6 is 0 Å². The molecule has 5 rings (SSSR count). The minimum atomic E-state index is -0.772. The number of ether oxygens (including phenoxy) is 2. The van der Waals surface area contributed by atoms with Crippen LogP contribution in [0, 0.1) is 0 Å². The average Bonchev–Trinajstić information content (AvgIpc) is 3.31. The molecule has 1 N–H and O–H groups in total. The Morgan fingerprint density at radius 3 is 2.50 bits per heavy atom. The molecule has 0 spiro atoms. The fourth-order valence-electron chi connectivity index (χ4n) is 5.08. The highest BCUT2D eigenvalue weighted by molar-refractivity contribution is 5.95. The van der Waals surface area contributed by atoms with Gasteiger partial charge in [-0.1, -0.05) is 32.9 Å². The predicted molar refractivity (Wildman–Crippen MR) is 130 cm³/mol. The number of aliphatic carboxylic acids is 1. The van der Waals surface area contributed by atoms with Crippen LogP contribution < -0.4 is 9.47 Å². The van der Waals surface area contributed by atoms with E-state index in [2.05, 4.69) is 43.5 Å². The highest BCUT2D eigenvalue weighted by Gasteiger charge is 2.50. The van der Waals surface area contributed by atoms with Crippen molar-refractivity contribution in [2.75, 3.05) is 6.79 Å². The van der Waals surface area contributed by atoms with Crippen molar-refractivity contribution in [1.29, 1.82) is 0 Å². The number of carbonyl (C=O) groups is 2. The van der Waals surface area contributed by atoms with Crippen LogP contribution in [0.1, 0.15) is 63.3 Å². The zero-order chi connectivity index (χ0) is 24.1. The molecule has 6 heteroatoms. The van der Waals surface area contributed by atoms with E-state index in [0.717, 1.165) is 46.4 Å². The summed E-state index contributed by atoms with van der Waals surface area (Å²) >= 11 is 0. The van der Waals surface area contributed by atoms with Crippen molar-refractivity contribution in [1.82, 2.24) is 4.57 Å². The fraction of sp³-hybridized carbons (Fsp3) is 0.429. The van der Waals surface area contributed by atoms with E-state index in [4.69, 9.17) is 14.6 Å². The van der Waals surface area contributed by atoms with Crippen LogP contribution in [0.2, 0.25) is 0 Å². The maximum absolute atomic E-state index is 13.4. The van der Waals surface area contributed by atoms with E-state index >= 15 is 0 Å². The first-order valence-electron chi connectivity index (χ1n) is 12.0. The summed E-state index contributed by atoms with van der Waals surface area (Å²) in [4.78, 5) is 24.4. The highest BCUT2D eigenvalue weighted by atomic mass is 16.7. The highest BCUT2D eigenvalue weighted by Crippen LogP contribution is 2.51. The van der Waals surface area contributed by atoms with Gasteiger partial charge in [-0.15, -0.1) is 0 Å². The van der Waals surface area contributed by atoms with E-state index in [1.807, 2.05) is 24.3 Å². The zero-order valence-electron chi connectivity index (χ0n) is 20.0. The van der Waals surface area contributed by atoms with Gasteiger partial charge in [0, 0.05) is 41.4 Å². The second-order valence-electron chi connectivity index (χ2n) is 10.6. The molecule has 1 aliphatic carbocycles. The van der Waals surface area contributed by atoms with Crippen LogP contribution in [-0.4, -0.2) is 28.2 Å². The average molecular weight is 462 g/mol. The Kier molecular flexibility index (Phi) is 5.42. The van der Waals surface area contributed by atoms with E-state index in [0.29, 0.717) is 19.4 Å². The number of hydrogen-bond acceptors (Lipinski definition) is 4. The van der Waals surface area contributed by atoms with Gasteiger partial charge in [0.2, 0.25) is 6.79 Å². The minimum absolute atomic E-state index is 0.0738. The number of nitrogens with zero attached hydrogens (tertiary/aromatic N) is 1. The summed E-state index contributed by atoms with van der Waals surface area (Å²) in [6, 6.07) is 14.3. The Morgan fingerprint density at radius 1 is 1.03 bits per heavy atom. The van der Waals surface area contributed by atoms with E-state index < -0.39 is 11.4 Å². The summed E-state index contributed by atoms with van der Waals surface area (Å²) in [5, 5.41) is 10.1. The molecule has 1 saturated carbocycles. The molecule has 0 saturated heterocycles. The van der Waals surface area contributed by atoms with Gasteiger partial charge in [0.1, 0.15) is 5.78 Å². The first-order chi connectivity index (χ1) is 16.2. The Labute approximate surface area is 199 Å². The molecule has 2 aromatic carbocycles. The van der Waals surface area contributed by atoms with Gasteiger partial charge in [-0.05, 0) is 60.7 Å². The predicted octanol–water partition coefficient (Wildman–Crippen LogP) is 5.38. The third kappa shape index (κ3) is 4.06. The van der Waals surface area contributed by atoms with E-state index in [9.17, 15) is 9.59 Å². The number of carboxylic acid groups (broad SMARTS) is 1. The summed E-state index contributed by atoms with van der Waals surface area (Å²) in [6.07, 6.45) is 2.85. The number of ketones is 1. The standard InChI is InChI=1S/C28H31NO5/c1-27(2,3)24-15-19-13-18(6-8-21(19)29(24)12-4-5-26(31)32)14-25(30)28(10-11-28)20-7-9-22-23(16-20)34-17-33-22/h6-9,13,15-16H,4-5,10-12,14,17H2,1-3H3,(H,31,32). The van der Waals surface area contributed by atoms with Gasteiger partial charge in [-0.3, -0.25) is 9.59 Å². The van der Waals surface area contributed by atoms with Gasteiger partial charge < -0.3 is 19.1 Å². The van der Waals surface area contributed by atoms with E-state index in [-0.39, 0.29) is 24.4 Å². The monoisotopic (exact) mass is 461 g/mol. The number of aryl methyl sites for hydroxylation is 1. The lowest BCUT2D eigenvalue weighted by Crippen LogP contribution is -2.22. The largest absolute Gasteiger partial charge is 0.481 e. The number of rotatable bonds is 8. The van der Waals surface area contributed by atoms with Crippen LogP contribution in [0.4, 0.5) is 0 Å². The molecule has 0 radical (unpaired) electrons. The fourth-order valence-corrected chi connectivity index (χ4v) is 5.08. The molecule has 1 fully saturated rings. The zero-order valence-corrected chi connectivity index (χ0v) is 20.0. The van der Waals surface area contributed by atoms with Crippen LogP contribution in [0.3, 0.4) is 0 Å². The quantitative estimate of drug-likeness (QED) is 0.488. The summed E-state index contributed by atoms with van der Waals surface area (Å²) < 4.78 is 13.2. The van der Waals surface area contributed by atoms with Crippen LogP contribution in [0.5, 0.6) is 11.5 Å². The van der Waals surface area contributed by atoms with Gasteiger partial charge in [0.25, 0.3) is 0 Å². The molecule has 0 bridgehead atoms. The Morgan fingerprint density at radius 2 is 1.79 bits per heavy atom. The lowest BCUT2D eigenvalue weighted by molar-refractivity contribution is -0.137. The van der Waals surface area contributed by atoms with Crippen molar-refractivity contribution in [3.8, 4) is 11.5 Å². The molecule has 0 unspecified atom stereocenters. The van der Waals surface area contributed by atoms with Crippen molar-refractivity contribution in [3.05, 3.63) is 59.3 Å². The molecular formula is C28H31NO5. The van der Waals surface area contributed by atoms with Crippen molar-refractivity contribution < 1.29 is 24.2 Å². The normalized spacial score (nSPS) is 16.1. The third-order valence-electron chi connectivity index (χ3n) is 7.08. The van der Waals surface area contributed by atoms with Crippen molar-refractivity contribution in [2.45, 2.75) is 70.3 Å². The summed E-state index contributed by atoms with van der Waals surface area (Å²) in [5.74, 6) is 0.922. The molecule has 2 heterocycles. The number of carboxylic acids is 1. The third-order valence-corrected chi connectivity index (χ3v) is 7.08. The summed E-state index contributed by atoms with van der Waals surface area (Å²) in [6.45, 7) is 7.39. The van der Waals surface area contributed by atoms with Crippen molar-refractivity contribution in [2.24, 2.45) is 0 Å². The Balaban J connectivity index is 1.40. The molecule has 3 aromatic rings. The van der Waals surface area contributed by atoms with Gasteiger partial charge in [0.05, 0.1) is 5.41 Å². The Hall–Kier alpha value is -3.28. The molecule has 1 aromatic heterocycles. The maximum Gasteiger partial charge on any atom is 0.303 e. The van der Waals surface area contributed by atoms with E-state index in [1.54, 1.807) is 0 Å². The molecule has 178 valence electrons. The number of aromatic nitrogens is 1. The first kappa shape index (κ1) is 22.5. The summed E-state index contributed by atoms with van der Waals surface area (Å²) in [5.41, 5.74) is 3.79. The molecule has 1 aliphatic heterocycles. The van der Waals surface area contributed by atoms with Crippen LogP contribution in [0.15, 0.2) is 42.5 Å². The number of carbonyl (C=O) groups excluding carboxylic acids is 1. The summed E-state index contributed by atoms with van der Waals surface area (Å²) in [7, 11) is 0. The lowest BCUT2D eigenvalue weighted by atomic mass is 9.87. The second kappa shape index (κ2) is 8.19. The number of hydrogen-bond donors (Lipinski definition) is 1. The molecule has 0 atom stereocenters. The van der Waals surface area contributed by atoms with Crippen LogP contribution in [-0.2, 0) is 33.4 Å². The number of Topliss-reactive ketones (excluding diaryl/α,β-unsaturated/α-hetero) is 1. The topological polar surface area (TPSA) is 77.8 Å². The van der Waals surface area contributed by atoms with Gasteiger partial charge in [-0.25, -0.2) is 0 Å². The molecule has 0 amide bonds. The van der Waals surface area contributed by atoms with Gasteiger partial charge in [-0.2, -0.15) is 0 Å². The lowest BCUT2D eigenvalue weighted by Gasteiger charge is -2.22. The Bertz CT molecular complexity index is 1280. The van der Waals surface area contributed by atoms with Gasteiger partial charge >= 0.3 is 5.97 Å². The smallest absolute Gasteiger partial charge is 0.303 e. The molecule has 2 aliphatic rings. The molecule has 34 heavy (non-hydrogen) atoms. The first-order valence-corrected chi connectivity index (χ1v) is 12.0. The SMILES string of the molecule is CC(C)(C)c1cc2cc(CC(=O)C3(c4ccc5c(c4)OCO5)CC3)ccc2n1CCCC(=O)O. The van der Waals surface area contributed by atoms with Crippen molar-refractivity contribution >= 4 is 22.7 Å². The second-order valence-corrected chi connectivity index (χ2v) is 10.6. The van der Waals surface area contributed by atoms with E-state index in [1.165, 1.54) is 5.69 Å². The van der Waals surface area contributed by atoms with Gasteiger partial charge in [0.15, 0.2) is 11.5 Å². The molecular weight excluding hydrogens is 430 g/mol. The molecule has 6 nitrogen and oxygen atoms in total. The van der Waals surface area contributed by atoms with Crippen LogP contribution in [0.25, 0.3) is 10.9 Å². The number of fused-ring (bicyclic) bond motifs is 2. The van der Waals surface area contributed by atoms with Crippen molar-refractivity contribution in [3.63, 3.8) is 0 Å². The number of benzene rings is 2. The minimum Gasteiger partial charge on any atom is -0.481 e.